The van der Waals surface area contributed by atoms with Gasteiger partial charge in [-0.05, 0) is 0 Å². The third kappa shape index (κ3) is 1.64. The first-order valence-electron chi connectivity index (χ1n) is 3.72. The van der Waals surface area contributed by atoms with Gasteiger partial charge in [0.15, 0.2) is 0 Å². The van der Waals surface area contributed by atoms with Gasteiger partial charge in [-0.25, -0.2) is 0 Å². The Kier molecular flexibility index (Phi) is 2.60. The Hall–Kier alpha value is 0.675. The number of rotatable bonds is 1. The fraction of sp³-hybridized carbons (Fsp3) is 0.556. The normalized spacial score (nSPS) is 31.6. The van der Waals surface area contributed by atoms with Crippen molar-refractivity contribution < 1.29 is 33.7 Å². The van der Waals surface area contributed by atoms with E-state index in [1.807, 2.05) is 0 Å². The van der Waals surface area contributed by atoms with E-state index in [1.54, 1.807) is 0 Å². The molecule has 1 rings (SSSR count). The van der Waals surface area contributed by atoms with Gasteiger partial charge in [0.1, 0.15) is 0 Å². The molecule has 10 heavy (non-hydrogen) atoms. The summed E-state index contributed by atoms with van der Waals surface area (Å²) in [6.45, 7) is 6.79. The average molecular weight is 260 g/mol. The molecular formula is C9H13La+2. The SMILES string of the molecule is CC1=C[C]([La+2])(C(C)C)C=C1. The summed E-state index contributed by atoms with van der Waals surface area (Å²) in [7, 11) is 0. The third-order valence-electron chi connectivity index (χ3n) is 2.11. The summed E-state index contributed by atoms with van der Waals surface area (Å²) < 4.78 is 0.490. The van der Waals surface area contributed by atoms with Crippen LogP contribution in [0.15, 0.2) is 23.8 Å². The van der Waals surface area contributed by atoms with E-state index in [4.69, 9.17) is 0 Å². The molecule has 0 fully saturated rings. The van der Waals surface area contributed by atoms with Crippen LogP contribution in [0.4, 0.5) is 0 Å². The second-order valence-electron chi connectivity index (χ2n) is 3.38. The van der Waals surface area contributed by atoms with Gasteiger partial charge in [0.05, 0.1) is 0 Å². The van der Waals surface area contributed by atoms with Gasteiger partial charge < -0.3 is 0 Å². The topological polar surface area (TPSA) is 0 Å². The molecule has 1 atom stereocenters. The summed E-state index contributed by atoms with van der Waals surface area (Å²) in [5, 5.41) is 0. The summed E-state index contributed by atoms with van der Waals surface area (Å²) in [6.07, 6.45) is 7.04. The molecular weight excluding hydrogens is 247 g/mol. The maximum atomic E-state index is 2.42. The quantitative estimate of drug-likeness (QED) is 0.680. The van der Waals surface area contributed by atoms with Gasteiger partial charge in [-0.1, -0.05) is 0 Å². The van der Waals surface area contributed by atoms with Gasteiger partial charge in [0, 0.05) is 0 Å². The molecule has 0 aromatic carbocycles. The summed E-state index contributed by atoms with van der Waals surface area (Å²) >= 11 is 1.03. The molecule has 0 aromatic rings. The van der Waals surface area contributed by atoms with Gasteiger partial charge >= 0.3 is 86.0 Å². The fourth-order valence-corrected chi connectivity index (χ4v) is 2.25. The van der Waals surface area contributed by atoms with Crippen LogP contribution in [-0.4, -0.2) is 0 Å². The van der Waals surface area contributed by atoms with E-state index in [1.165, 1.54) is 5.57 Å². The predicted molar refractivity (Wildman–Crippen MR) is 40.4 cm³/mol. The van der Waals surface area contributed by atoms with Crippen LogP contribution in [0.25, 0.3) is 0 Å². The molecule has 1 unspecified atom stereocenters. The monoisotopic (exact) mass is 260 g/mol. The minimum atomic E-state index is 0.490. The molecule has 0 radical (unpaired) electrons. The van der Waals surface area contributed by atoms with Crippen LogP contribution < -0.4 is 0 Å². The molecule has 0 amide bonds. The van der Waals surface area contributed by atoms with Gasteiger partial charge in [-0.3, -0.25) is 0 Å². The third-order valence-corrected chi connectivity index (χ3v) is 5.33. The summed E-state index contributed by atoms with van der Waals surface area (Å²) in [4.78, 5) is 0. The molecule has 0 aliphatic heterocycles. The second kappa shape index (κ2) is 2.96. The zero-order chi connectivity index (χ0) is 7.78. The van der Waals surface area contributed by atoms with Crippen molar-refractivity contribution in [3.63, 3.8) is 0 Å². The van der Waals surface area contributed by atoms with Gasteiger partial charge in [0.2, 0.25) is 0 Å². The molecule has 0 aromatic heterocycles. The Morgan fingerprint density at radius 2 is 2.10 bits per heavy atom. The first kappa shape index (κ1) is 8.77. The Balaban J connectivity index is 2.84. The van der Waals surface area contributed by atoms with Crippen LogP contribution >= 0.6 is 0 Å². The van der Waals surface area contributed by atoms with Crippen LogP contribution in [0.1, 0.15) is 20.8 Å². The zero-order valence-electron chi connectivity index (χ0n) is 6.89. The zero-order valence-corrected chi connectivity index (χ0v) is 10.5. The molecule has 0 nitrogen and oxygen atoms in total. The maximum absolute atomic E-state index is 2.42. The van der Waals surface area contributed by atoms with E-state index in [0.29, 0.717) is 1.82 Å². The van der Waals surface area contributed by atoms with Crippen molar-refractivity contribution in [1.29, 1.82) is 0 Å². The van der Waals surface area contributed by atoms with Crippen molar-refractivity contribution in [1.82, 2.24) is 0 Å². The molecule has 50 valence electrons. The molecule has 0 bridgehead atoms. The summed E-state index contributed by atoms with van der Waals surface area (Å²) in [5.74, 6) is 0.784. The van der Waals surface area contributed by atoms with Gasteiger partial charge in [0.25, 0.3) is 0 Å². The molecule has 0 saturated heterocycles. The van der Waals surface area contributed by atoms with Crippen molar-refractivity contribution >= 4 is 0 Å². The van der Waals surface area contributed by atoms with Crippen molar-refractivity contribution in [3.8, 4) is 0 Å². The van der Waals surface area contributed by atoms with Crippen molar-refractivity contribution in [2.75, 3.05) is 0 Å². The fourth-order valence-electron chi connectivity index (χ4n) is 1.13. The molecule has 0 N–H and O–H groups in total. The Labute approximate surface area is 85.4 Å². The molecule has 1 heteroatoms. The van der Waals surface area contributed by atoms with E-state index in [-0.39, 0.29) is 0 Å². The van der Waals surface area contributed by atoms with Crippen LogP contribution in [0, 0.1) is 39.6 Å². The molecule has 1 aliphatic rings. The van der Waals surface area contributed by atoms with E-state index in [2.05, 4.69) is 39.0 Å². The Morgan fingerprint density at radius 1 is 1.50 bits per heavy atom. The van der Waals surface area contributed by atoms with Gasteiger partial charge in [-0.15, -0.1) is 0 Å². The van der Waals surface area contributed by atoms with Crippen LogP contribution in [0.5, 0.6) is 0 Å². The standard InChI is InChI=1S/C9H13.La/c1-7(2)9-5-4-8(3)6-9;/h4-7H,1-3H3;/q;+2. The predicted octanol–water partition coefficient (Wildman–Crippen LogP) is 2.87. The number of allylic oxidation sites excluding steroid dienone is 4. The van der Waals surface area contributed by atoms with E-state index in [9.17, 15) is 0 Å². The van der Waals surface area contributed by atoms with Crippen LogP contribution in [0.3, 0.4) is 0 Å². The van der Waals surface area contributed by atoms with E-state index < -0.39 is 0 Å². The Bertz CT molecular complexity index is 189. The van der Waals surface area contributed by atoms with Crippen molar-refractivity contribution in [2.45, 2.75) is 22.6 Å². The summed E-state index contributed by atoms with van der Waals surface area (Å²) in [5.41, 5.74) is 1.44. The van der Waals surface area contributed by atoms with Gasteiger partial charge in [-0.2, -0.15) is 0 Å². The minimum absolute atomic E-state index is 0.490. The average Bonchev–Trinajstić information content (AvgIpc) is 2.13. The molecule has 1 aliphatic carbocycles. The second-order valence-corrected chi connectivity index (χ2v) is 6.52. The van der Waals surface area contributed by atoms with E-state index >= 15 is 0 Å². The first-order valence-corrected chi connectivity index (χ1v) is 5.53. The Morgan fingerprint density at radius 3 is 2.30 bits per heavy atom. The number of hydrogen-bond acceptors (Lipinski definition) is 0. The van der Waals surface area contributed by atoms with E-state index in [0.717, 1.165) is 39.6 Å². The van der Waals surface area contributed by atoms with Crippen molar-refractivity contribution in [2.24, 2.45) is 5.92 Å². The van der Waals surface area contributed by atoms with Crippen LogP contribution in [-0.2, 0) is 0 Å². The van der Waals surface area contributed by atoms with Crippen LogP contribution in [0.2, 0.25) is 1.82 Å². The molecule has 0 heterocycles. The summed E-state index contributed by atoms with van der Waals surface area (Å²) in [6, 6.07) is 0. The first-order chi connectivity index (χ1) is 4.54. The molecule has 0 spiro atoms. The number of hydrogen-bond donors (Lipinski definition) is 0. The van der Waals surface area contributed by atoms with Crippen molar-refractivity contribution in [3.05, 3.63) is 23.8 Å². The molecule has 0 saturated carbocycles.